The highest BCUT2D eigenvalue weighted by molar-refractivity contribution is 5.14. The van der Waals surface area contributed by atoms with Crippen LogP contribution in [0.3, 0.4) is 0 Å². The van der Waals surface area contributed by atoms with Crippen molar-refractivity contribution in [2.24, 2.45) is 0 Å². The Kier molecular flexibility index (Phi) is 7.06. The van der Waals surface area contributed by atoms with E-state index >= 15 is 0 Å². The first-order chi connectivity index (χ1) is 9.88. The van der Waals surface area contributed by atoms with Gasteiger partial charge in [0.05, 0.1) is 0 Å². The van der Waals surface area contributed by atoms with E-state index in [2.05, 4.69) is 52.4 Å². The molecule has 1 heterocycles. The van der Waals surface area contributed by atoms with E-state index in [4.69, 9.17) is 0 Å². The average Bonchev–Trinajstić information content (AvgIpc) is 2.50. The highest BCUT2D eigenvalue weighted by Crippen LogP contribution is 2.08. The maximum absolute atomic E-state index is 3.48. The summed E-state index contributed by atoms with van der Waals surface area (Å²) in [6.45, 7) is 11.8. The molecule has 1 aliphatic rings. The minimum atomic E-state index is 1.10. The van der Waals surface area contributed by atoms with Gasteiger partial charge in [0, 0.05) is 32.7 Å². The molecule has 1 aliphatic heterocycles. The van der Waals surface area contributed by atoms with Crippen molar-refractivity contribution in [3.63, 3.8) is 0 Å². The lowest BCUT2D eigenvalue weighted by Gasteiger charge is -2.34. The topological polar surface area (TPSA) is 18.5 Å². The molecule has 2 rings (SSSR count). The number of nitrogens with one attached hydrogen (secondary N) is 1. The maximum atomic E-state index is 3.48. The normalized spacial score (nSPS) is 17.4. The van der Waals surface area contributed by atoms with Crippen molar-refractivity contribution in [1.29, 1.82) is 0 Å². The summed E-state index contributed by atoms with van der Waals surface area (Å²) in [7, 11) is 0. The van der Waals surface area contributed by atoms with Gasteiger partial charge < -0.3 is 10.2 Å². The number of nitrogens with zero attached hydrogens (tertiary/aromatic N) is 2. The van der Waals surface area contributed by atoms with Crippen molar-refractivity contribution in [1.82, 2.24) is 15.1 Å². The van der Waals surface area contributed by atoms with Crippen molar-refractivity contribution >= 4 is 0 Å². The Morgan fingerprint density at radius 3 is 2.35 bits per heavy atom. The van der Waals surface area contributed by atoms with Crippen molar-refractivity contribution in [3.8, 4) is 0 Å². The summed E-state index contributed by atoms with van der Waals surface area (Å²) in [4.78, 5) is 5.18. The standard InChI is InChI=1S/C17H29N3/c1-2-9-18-10-6-11-19-12-14-20(15-13-19)16-17-7-4-3-5-8-17/h3-5,7-8,18H,2,6,9-16H2,1H3. The van der Waals surface area contributed by atoms with Crippen molar-refractivity contribution in [2.75, 3.05) is 45.8 Å². The summed E-state index contributed by atoms with van der Waals surface area (Å²) >= 11 is 0. The molecule has 1 aromatic rings. The van der Waals surface area contributed by atoms with E-state index in [0.717, 1.165) is 19.6 Å². The van der Waals surface area contributed by atoms with Crippen molar-refractivity contribution in [3.05, 3.63) is 35.9 Å². The molecule has 1 saturated heterocycles. The van der Waals surface area contributed by atoms with Crippen molar-refractivity contribution in [2.45, 2.75) is 26.3 Å². The fourth-order valence-electron chi connectivity index (χ4n) is 2.74. The third-order valence-corrected chi connectivity index (χ3v) is 3.97. The first kappa shape index (κ1) is 15.5. The van der Waals surface area contributed by atoms with E-state index in [1.807, 2.05) is 0 Å². The van der Waals surface area contributed by atoms with E-state index in [1.165, 1.54) is 51.1 Å². The summed E-state index contributed by atoms with van der Waals surface area (Å²) in [6, 6.07) is 10.8. The molecule has 1 N–H and O–H groups in total. The second-order valence-corrected chi connectivity index (χ2v) is 5.71. The molecular weight excluding hydrogens is 246 g/mol. The lowest BCUT2D eigenvalue weighted by molar-refractivity contribution is 0.126. The SMILES string of the molecule is CCCNCCCN1CCN(Cc2ccccc2)CC1. The largest absolute Gasteiger partial charge is 0.317 e. The predicted molar refractivity (Wildman–Crippen MR) is 85.9 cm³/mol. The molecule has 0 atom stereocenters. The summed E-state index contributed by atoms with van der Waals surface area (Å²) < 4.78 is 0. The molecule has 0 amide bonds. The zero-order valence-electron chi connectivity index (χ0n) is 12.9. The Hall–Kier alpha value is -0.900. The number of hydrogen-bond acceptors (Lipinski definition) is 3. The van der Waals surface area contributed by atoms with Crippen LogP contribution < -0.4 is 5.32 Å². The average molecular weight is 275 g/mol. The minimum absolute atomic E-state index is 1.10. The second kappa shape index (κ2) is 9.11. The van der Waals surface area contributed by atoms with Gasteiger partial charge in [-0.05, 0) is 38.0 Å². The number of hydrogen-bond donors (Lipinski definition) is 1. The van der Waals surface area contributed by atoms with Crippen LogP contribution in [0, 0.1) is 0 Å². The van der Waals surface area contributed by atoms with Gasteiger partial charge in [-0.1, -0.05) is 37.3 Å². The fourth-order valence-corrected chi connectivity index (χ4v) is 2.74. The van der Waals surface area contributed by atoms with Crippen LogP contribution in [-0.4, -0.2) is 55.6 Å². The molecule has 1 fully saturated rings. The lowest BCUT2D eigenvalue weighted by atomic mass is 10.2. The molecular formula is C17H29N3. The summed E-state index contributed by atoms with van der Waals surface area (Å²) in [6.07, 6.45) is 2.51. The molecule has 0 unspecified atom stereocenters. The summed E-state index contributed by atoms with van der Waals surface area (Å²) in [5, 5.41) is 3.48. The number of rotatable bonds is 8. The second-order valence-electron chi connectivity index (χ2n) is 5.71. The molecule has 0 aromatic heterocycles. The van der Waals surface area contributed by atoms with Gasteiger partial charge in [-0.3, -0.25) is 4.90 Å². The first-order valence-corrected chi connectivity index (χ1v) is 8.08. The molecule has 0 radical (unpaired) electrons. The van der Waals surface area contributed by atoms with E-state index < -0.39 is 0 Å². The highest BCUT2D eigenvalue weighted by Gasteiger charge is 2.16. The molecule has 0 bridgehead atoms. The van der Waals surface area contributed by atoms with Crippen LogP contribution in [0.1, 0.15) is 25.3 Å². The van der Waals surface area contributed by atoms with Crippen LogP contribution in [0.2, 0.25) is 0 Å². The van der Waals surface area contributed by atoms with Gasteiger partial charge in [-0.2, -0.15) is 0 Å². The summed E-state index contributed by atoms with van der Waals surface area (Å²) in [5.41, 5.74) is 1.43. The molecule has 20 heavy (non-hydrogen) atoms. The maximum Gasteiger partial charge on any atom is 0.0234 e. The smallest absolute Gasteiger partial charge is 0.0234 e. The summed E-state index contributed by atoms with van der Waals surface area (Å²) in [5.74, 6) is 0. The molecule has 112 valence electrons. The zero-order chi connectivity index (χ0) is 14.0. The monoisotopic (exact) mass is 275 g/mol. The van der Waals surface area contributed by atoms with Crippen LogP contribution in [0.4, 0.5) is 0 Å². The van der Waals surface area contributed by atoms with Crippen LogP contribution >= 0.6 is 0 Å². The lowest BCUT2D eigenvalue weighted by Crippen LogP contribution is -2.46. The molecule has 3 nitrogen and oxygen atoms in total. The third-order valence-electron chi connectivity index (χ3n) is 3.97. The van der Waals surface area contributed by atoms with Crippen molar-refractivity contribution < 1.29 is 0 Å². The predicted octanol–water partition coefficient (Wildman–Crippen LogP) is 2.19. The van der Waals surface area contributed by atoms with Gasteiger partial charge in [-0.25, -0.2) is 0 Å². The molecule has 0 saturated carbocycles. The minimum Gasteiger partial charge on any atom is -0.317 e. The van der Waals surface area contributed by atoms with E-state index in [-0.39, 0.29) is 0 Å². The molecule has 1 aromatic carbocycles. The van der Waals surface area contributed by atoms with Crippen LogP contribution in [0.25, 0.3) is 0 Å². The van der Waals surface area contributed by atoms with E-state index in [9.17, 15) is 0 Å². The quantitative estimate of drug-likeness (QED) is 0.734. The molecule has 3 heteroatoms. The van der Waals surface area contributed by atoms with Crippen LogP contribution in [0.15, 0.2) is 30.3 Å². The fraction of sp³-hybridized carbons (Fsp3) is 0.647. The first-order valence-electron chi connectivity index (χ1n) is 8.08. The molecule has 0 spiro atoms. The van der Waals surface area contributed by atoms with Crippen LogP contribution in [0.5, 0.6) is 0 Å². The highest BCUT2D eigenvalue weighted by atomic mass is 15.3. The Morgan fingerprint density at radius 1 is 0.950 bits per heavy atom. The molecule has 0 aliphatic carbocycles. The van der Waals surface area contributed by atoms with E-state index in [1.54, 1.807) is 0 Å². The Balaban J connectivity index is 1.58. The van der Waals surface area contributed by atoms with Gasteiger partial charge in [0.15, 0.2) is 0 Å². The van der Waals surface area contributed by atoms with Gasteiger partial charge in [-0.15, -0.1) is 0 Å². The third kappa shape index (κ3) is 5.61. The van der Waals surface area contributed by atoms with Gasteiger partial charge >= 0.3 is 0 Å². The number of piperazine rings is 1. The number of benzene rings is 1. The Bertz CT molecular complexity index is 345. The van der Waals surface area contributed by atoms with Gasteiger partial charge in [0.25, 0.3) is 0 Å². The van der Waals surface area contributed by atoms with Gasteiger partial charge in [0.1, 0.15) is 0 Å². The van der Waals surface area contributed by atoms with Crippen LogP contribution in [-0.2, 0) is 6.54 Å². The van der Waals surface area contributed by atoms with Gasteiger partial charge in [0.2, 0.25) is 0 Å². The Labute approximate surface area is 124 Å². The van der Waals surface area contributed by atoms with E-state index in [0.29, 0.717) is 0 Å². The Morgan fingerprint density at radius 2 is 1.65 bits per heavy atom. The zero-order valence-corrected chi connectivity index (χ0v) is 12.9.